The van der Waals surface area contributed by atoms with Gasteiger partial charge in [-0.25, -0.2) is 4.18 Å². The summed E-state index contributed by atoms with van der Waals surface area (Å²) >= 11 is 0. The van der Waals surface area contributed by atoms with Crippen molar-refractivity contribution >= 4 is 16.2 Å². The van der Waals surface area contributed by atoms with Gasteiger partial charge in [-0.15, -0.1) is 0 Å². The Morgan fingerprint density at radius 3 is 2.50 bits per heavy atom. The smallest absolute Gasteiger partial charge is 0.300 e. The molecule has 0 aliphatic rings. The third-order valence-electron chi connectivity index (χ3n) is 2.85. The largest absolute Gasteiger partial charge is 0.397 e. The van der Waals surface area contributed by atoms with Crippen LogP contribution in [0.5, 0.6) is 0 Å². The van der Waals surface area contributed by atoms with Crippen molar-refractivity contribution in [1.29, 1.82) is 0 Å². The van der Waals surface area contributed by atoms with E-state index in [1.165, 1.54) is 0 Å². The highest BCUT2D eigenvalue weighted by molar-refractivity contribution is 7.80. The summed E-state index contributed by atoms with van der Waals surface area (Å²) in [5, 5.41) is 0. The molecule has 6 heteroatoms. The summed E-state index contributed by atoms with van der Waals surface area (Å²) in [6.07, 6.45) is 9.49. The summed E-state index contributed by atoms with van der Waals surface area (Å²) in [5.74, 6) is 0.204. The molecular formula is C14H26O5S. The molecule has 0 aliphatic heterocycles. The Kier molecular flexibility index (Phi) is 10.6. The van der Waals surface area contributed by atoms with Gasteiger partial charge in [0, 0.05) is 6.42 Å². The zero-order valence-corrected chi connectivity index (χ0v) is 13.2. The van der Waals surface area contributed by atoms with Crippen molar-refractivity contribution in [3.63, 3.8) is 0 Å². The topological polar surface area (TPSA) is 80.7 Å². The van der Waals surface area contributed by atoms with Crippen LogP contribution in [-0.2, 0) is 19.4 Å². The number of carbonyl (C=O) groups excluding carboxylic acids is 1. The summed E-state index contributed by atoms with van der Waals surface area (Å²) in [5.41, 5.74) is 0. The average molecular weight is 306 g/mol. The van der Waals surface area contributed by atoms with Crippen LogP contribution in [0.4, 0.5) is 0 Å². The van der Waals surface area contributed by atoms with Crippen molar-refractivity contribution in [1.82, 2.24) is 0 Å². The Bertz CT molecular complexity index is 386. The van der Waals surface area contributed by atoms with Gasteiger partial charge in [0.2, 0.25) is 0 Å². The molecule has 0 spiro atoms. The summed E-state index contributed by atoms with van der Waals surface area (Å²) in [4.78, 5) is 10.7. The van der Waals surface area contributed by atoms with Crippen LogP contribution >= 0.6 is 0 Å². The third-order valence-corrected chi connectivity index (χ3v) is 3.37. The Morgan fingerprint density at radius 1 is 1.25 bits per heavy atom. The van der Waals surface area contributed by atoms with E-state index in [2.05, 4.69) is 4.18 Å². The van der Waals surface area contributed by atoms with Gasteiger partial charge in [0.05, 0.1) is 6.10 Å². The molecule has 1 atom stereocenters. The van der Waals surface area contributed by atoms with E-state index in [0.29, 0.717) is 19.3 Å². The monoisotopic (exact) mass is 306 g/mol. The van der Waals surface area contributed by atoms with E-state index in [0.717, 1.165) is 32.1 Å². The second kappa shape index (κ2) is 11.0. The molecule has 0 aromatic heterocycles. The zero-order valence-electron chi connectivity index (χ0n) is 12.4. The molecule has 0 aliphatic carbocycles. The Balaban J connectivity index is 3.96. The van der Waals surface area contributed by atoms with Crippen molar-refractivity contribution in [2.75, 3.05) is 0 Å². The minimum Gasteiger partial charge on any atom is -0.300 e. The second-order valence-electron chi connectivity index (χ2n) is 4.94. The molecule has 0 heterocycles. The summed E-state index contributed by atoms with van der Waals surface area (Å²) in [6.45, 7) is 3.59. The minimum absolute atomic E-state index is 0.204. The fourth-order valence-corrected chi connectivity index (χ4v) is 2.33. The molecule has 118 valence electrons. The molecule has 0 radical (unpaired) electrons. The summed E-state index contributed by atoms with van der Waals surface area (Å²) in [7, 11) is -4.39. The van der Waals surface area contributed by atoms with Gasteiger partial charge in [-0.3, -0.25) is 4.55 Å². The van der Waals surface area contributed by atoms with Crippen LogP contribution in [0.1, 0.15) is 65.2 Å². The molecule has 5 nitrogen and oxygen atoms in total. The lowest BCUT2D eigenvalue weighted by Gasteiger charge is -2.12. The number of carbonyl (C=O) groups is 1. The van der Waals surface area contributed by atoms with Gasteiger partial charge in [-0.05, 0) is 39.0 Å². The highest BCUT2D eigenvalue weighted by Crippen LogP contribution is 2.12. The van der Waals surface area contributed by atoms with E-state index in [4.69, 9.17) is 4.55 Å². The first-order valence-electron chi connectivity index (χ1n) is 7.15. The van der Waals surface area contributed by atoms with Crippen LogP contribution in [0.15, 0.2) is 12.2 Å². The number of ketones is 1. The van der Waals surface area contributed by atoms with Gasteiger partial charge in [0.1, 0.15) is 5.78 Å². The van der Waals surface area contributed by atoms with Gasteiger partial charge >= 0.3 is 10.4 Å². The Morgan fingerprint density at radius 2 is 1.95 bits per heavy atom. The first-order valence-corrected chi connectivity index (χ1v) is 8.51. The fourth-order valence-electron chi connectivity index (χ4n) is 1.81. The molecule has 0 aromatic carbocycles. The summed E-state index contributed by atoms with van der Waals surface area (Å²) < 4.78 is 34.8. The van der Waals surface area contributed by atoms with Crippen LogP contribution < -0.4 is 0 Å². The lowest BCUT2D eigenvalue weighted by atomic mass is 10.1. The number of hydrogen-bond acceptors (Lipinski definition) is 4. The number of Topliss-reactive ketones (excluding diaryl/α,β-unsaturated/α-hetero) is 1. The molecule has 0 aromatic rings. The van der Waals surface area contributed by atoms with E-state index in [1.807, 2.05) is 19.1 Å². The van der Waals surface area contributed by atoms with Gasteiger partial charge in [-0.1, -0.05) is 31.9 Å². The van der Waals surface area contributed by atoms with Crippen LogP contribution in [0.25, 0.3) is 0 Å². The average Bonchev–Trinajstić information content (AvgIpc) is 2.32. The SMILES string of the molecule is CCCCC(C/C=C/CCCCC(C)=O)OS(=O)(=O)O. The lowest BCUT2D eigenvalue weighted by molar-refractivity contribution is -0.117. The predicted octanol–water partition coefficient (Wildman–Crippen LogP) is 3.46. The van der Waals surface area contributed by atoms with Crippen molar-refractivity contribution in [2.24, 2.45) is 0 Å². The molecule has 0 saturated heterocycles. The maximum atomic E-state index is 10.7. The predicted molar refractivity (Wildman–Crippen MR) is 78.9 cm³/mol. The number of rotatable bonds is 12. The Hall–Kier alpha value is -0.720. The molecule has 0 amide bonds. The van der Waals surface area contributed by atoms with Crippen molar-refractivity contribution in [3.05, 3.63) is 12.2 Å². The normalized spacial score (nSPS) is 13.8. The van der Waals surface area contributed by atoms with Crippen molar-refractivity contribution < 1.29 is 21.9 Å². The standard InChI is InChI=1S/C14H26O5S/c1-3-4-11-14(19-20(16,17)18)12-9-7-5-6-8-10-13(2)15/h7,9,14H,3-6,8,10-12H2,1-2H3,(H,16,17,18)/b9-7+. The molecule has 0 fully saturated rings. The molecular weight excluding hydrogens is 280 g/mol. The van der Waals surface area contributed by atoms with Gasteiger partial charge in [-0.2, -0.15) is 8.42 Å². The van der Waals surface area contributed by atoms with Crippen molar-refractivity contribution in [2.45, 2.75) is 71.3 Å². The molecule has 1 unspecified atom stereocenters. The van der Waals surface area contributed by atoms with Gasteiger partial charge in [0.15, 0.2) is 0 Å². The molecule has 0 bridgehead atoms. The maximum Gasteiger partial charge on any atom is 0.397 e. The lowest BCUT2D eigenvalue weighted by Crippen LogP contribution is -2.17. The quantitative estimate of drug-likeness (QED) is 0.339. The van der Waals surface area contributed by atoms with E-state index in [9.17, 15) is 13.2 Å². The first-order chi connectivity index (χ1) is 9.35. The Labute approximate surface area is 122 Å². The number of allylic oxidation sites excluding steroid dienone is 1. The fraction of sp³-hybridized carbons (Fsp3) is 0.786. The highest BCUT2D eigenvalue weighted by atomic mass is 32.3. The van der Waals surface area contributed by atoms with E-state index in [1.54, 1.807) is 6.92 Å². The molecule has 0 saturated carbocycles. The van der Waals surface area contributed by atoms with E-state index in [-0.39, 0.29) is 5.78 Å². The van der Waals surface area contributed by atoms with Gasteiger partial charge in [0.25, 0.3) is 0 Å². The maximum absolute atomic E-state index is 10.7. The second-order valence-corrected chi connectivity index (χ2v) is 5.99. The van der Waals surface area contributed by atoms with Crippen LogP contribution in [0.3, 0.4) is 0 Å². The van der Waals surface area contributed by atoms with E-state index >= 15 is 0 Å². The highest BCUT2D eigenvalue weighted by Gasteiger charge is 2.15. The van der Waals surface area contributed by atoms with Crippen LogP contribution in [0.2, 0.25) is 0 Å². The van der Waals surface area contributed by atoms with E-state index < -0.39 is 16.5 Å². The zero-order chi connectivity index (χ0) is 15.4. The minimum atomic E-state index is -4.39. The van der Waals surface area contributed by atoms with Gasteiger partial charge < -0.3 is 4.79 Å². The molecule has 1 N–H and O–H groups in total. The molecule has 20 heavy (non-hydrogen) atoms. The first kappa shape index (κ1) is 19.3. The number of hydrogen-bond donors (Lipinski definition) is 1. The molecule has 0 rings (SSSR count). The summed E-state index contributed by atoms with van der Waals surface area (Å²) in [6, 6.07) is 0. The number of unbranched alkanes of at least 4 members (excludes halogenated alkanes) is 3. The van der Waals surface area contributed by atoms with Crippen LogP contribution in [-0.4, -0.2) is 24.9 Å². The van der Waals surface area contributed by atoms with Crippen LogP contribution in [0, 0.1) is 0 Å². The third kappa shape index (κ3) is 13.7. The van der Waals surface area contributed by atoms with Crippen molar-refractivity contribution in [3.8, 4) is 0 Å².